The van der Waals surface area contributed by atoms with Gasteiger partial charge in [0.2, 0.25) is 5.95 Å². The van der Waals surface area contributed by atoms with E-state index >= 15 is 0 Å². The van der Waals surface area contributed by atoms with Crippen molar-refractivity contribution < 1.29 is 14.3 Å². The molecule has 0 saturated heterocycles. The maximum Gasteiger partial charge on any atom is 0.261 e. The standard InChI is InChI=1S/C14H10FN3O2/c15-8-5-6-9(12(19)7-8)13(20)18-14-16-10-3-1-2-4-11(10)17-14/h1-7,19H,(H2,16,17,18,20). The van der Waals surface area contributed by atoms with E-state index in [1.54, 1.807) is 6.07 Å². The van der Waals surface area contributed by atoms with Crippen molar-refractivity contribution >= 4 is 22.9 Å². The number of phenolic OH excluding ortho intramolecular Hbond substituents is 1. The lowest BCUT2D eigenvalue weighted by molar-refractivity contribution is 0.102. The van der Waals surface area contributed by atoms with E-state index in [4.69, 9.17) is 0 Å². The monoisotopic (exact) mass is 271 g/mol. The van der Waals surface area contributed by atoms with E-state index in [0.29, 0.717) is 5.52 Å². The summed E-state index contributed by atoms with van der Waals surface area (Å²) >= 11 is 0. The number of phenols is 1. The Bertz CT molecular complexity index is 765. The second-order valence-corrected chi connectivity index (χ2v) is 4.22. The number of H-pyrrole nitrogens is 1. The molecule has 0 radical (unpaired) electrons. The lowest BCUT2D eigenvalue weighted by Crippen LogP contribution is -2.13. The molecule has 6 heteroatoms. The van der Waals surface area contributed by atoms with Gasteiger partial charge >= 0.3 is 0 Å². The van der Waals surface area contributed by atoms with Crippen LogP contribution in [0.1, 0.15) is 10.4 Å². The Kier molecular flexibility index (Phi) is 2.83. The Balaban J connectivity index is 1.88. The lowest BCUT2D eigenvalue weighted by atomic mass is 10.2. The minimum Gasteiger partial charge on any atom is -0.507 e. The van der Waals surface area contributed by atoms with Crippen molar-refractivity contribution in [2.75, 3.05) is 5.32 Å². The topological polar surface area (TPSA) is 78.0 Å². The number of aromatic nitrogens is 2. The predicted octanol–water partition coefficient (Wildman–Crippen LogP) is 2.66. The van der Waals surface area contributed by atoms with Crippen LogP contribution in [0.5, 0.6) is 5.75 Å². The van der Waals surface area contributed by atoms with E-state index in [2.05, 4.69) is 15.3 Å². The molecule has 0 spiro atoms. The van der Waals surface area contributed by atoms with Gasteiger partial charge in [0, 0.05) is 6.07 Å². The number of para-hydroxylation sites is 2. The average molecular weight is 271 g/mol. The molecule has 0 bridgehead atoms. The van der Waals surface area contributed by atoms with Crippen LogP contribution < -0.4 is 5.32 Å². The van der Waals surface area contributed by atoms with Crippen LogP contribution >= 0.6 is 0 Å². The Hall–Kier alpha value is -2.89. The highest BCUT2D eigenvalue weighted by molar-refractivity contribution is 6.05. The van der Waals surface area contributed by atoms with Crippen molar-refractivity contribution in [2.24, 2.45) is 0 Å². The zero-order valence-electron chi connectivity index (χ0n) is 10.2. The van der Waals surface area contributed by atoms with E-state index < -0.39 is 17.5 Å². The van der Waals surface area contributed by atoms with Crippen LogP contribution in [-0.4, -0.2) is 21.0 Å². The van der Waals surface area contributed by atoms with Crippen LogP contribution in [0.25, 0.3) is 11.0 Å². The van der Waals surface area contributed by atoms with E-state index in [1.165, 1.54) is 6.07 Å². The molecule has 1 heterocycles. The highest BCUT2D eigenvalue weighted by Crippen LogP contribution is 2.20. The van der Waals surface area contributed by atoms with E-state index in [1.807, 2.05) is 18.2 Å². The molecule has 0 aliphatic heterocycles. The predicted molar refractivity (Wildman–Crippen MR) is 72.1 cm³/mol. The Morgan fingerprint density at radius 2 is 2.05 bits per heavy atom. The molecule has 20 heavy (non-hydrogen) atoms. The molecule has 0 fully saturated rings. The summed E-state index contributed by atoms with van der Waals surface area (Å²) in [5.41, 5.74) is 1.48. The van der Waals surface area contributed by atoms with Crippen LogP contribution in [0.15, 0.2) is 42.5 Å². The smallest absolute Gasteiger partial charge is 0.261 e. The van der Waals surface area contributed by atoms with Crippen molar-refractivity contribution in [3.05, 3.63) is 53.8 Å². The van der Waals surface area contributed by atoms with Crippen LogP contribution in [0.2, 0.25) is 0 Å². The van der Waals surface area contributed by atoms with Gasteiger partial charge in [-0.15, -0.1) is 0 Å². The number of nitrogens with zero attached hydrogens (tertiary/aromatic N) is 1. The minimum atomic E-state index is -0.609. The van der Waals surface area contributed by atoms with E-state index in [0.717, 1.165) is 17.6 Å². The number of anilines is 1. The third-order valence-electron chi connectivity index (χ3n) is 2.83. The molecule has 2 aromatic carbocycles. The summed E-state index contributed by atoms with van der Waals surface area (Å²) in [6, 6.07) is 10.5. The molecule has 0 saturated carbocycles. The number of carbonyl (C=O) groups excluding carboxylic acids is 1. The Labute approximate surface area is 113 Å². The number of hydrogen-bond acceptors (Lipinski definition) is 3. The van der Waals surface area contributed by atoms with Gasteiger partial charge in [0.05, 0.1) is 16.6 Å². The van der Waals surface area contributed by atoms with Crippen LogP contribution in [0.4, 0.5) is 10.3 Å². The fraction of sp³-hybridized carbons (Fsp3) is 0. The quantitative estimate of drug-likeness (QED) is 0.670. The highest BCUT2D eigenvalue weighted by atomic mass is 19.1. The Morgan fingerprint density at radius 1 is 1.25 bits per heavy atom. The first-order valence-electron chi connectivity index (χ1n) is 5.88. The highest BCUT2D eigenvalue weighted by Gasteiger charge is 2.13. The summed E-state index contributed by atoms with van der Waals surface area (Å²) in [5, 5.41) is 12.1. The molecule has 1 amide bonds. The lowest BCUT2D eigenvalue weighted by Gasteiger charge is -2.04. The molecule has 3 N–H and O–H groups in total. The van der Waals surface area contributed by atoms with Gasteiger partial charge in [0.1, 0.15) is 11.6 Å². The van der Waals surface area contributed by atoms with Crippen molar-refractivity contribution in [1.29, 1.82) is 0 Å². The van der Waals surface area contributed by atoms with Crippen molar-refractivity contribution in [3.63, 3.8) is 0 Å². The van der Waals surface area contributed by atoms with Gasteiger partial charge in [0.25, 0.3) is 5.91 Å². The molecule has 5 nitrogen and oxygen atoms in total. The van der Waals surface area contributed by atoms with Crippen molar-refractivity contribution in [3.8, 4) is 5.75 Å². The fourth-order valence-electron chi connectivity index (χ4n) is 1.88. The maximum atomic E-state index is 12.9. The number of halogens is 1. The number of imidazole rings is 1. The van der Waals surface area contributed by atoms with Crippen molar-refractivity contribution in [1.82, 2.24) is 9.97 Å². The third-order valence-corrected chi connectivity index (χ3v) is 2.83. The fourth-order valence-corrected chi connectivity index (χ4v) is 1.88. The van der Waals surface area contributed by atoms with E-state index in [-0.39, 0.29) is 11.5 Å². The summed E-state index contributed by atoms with van der Waals surface area (Å²) in [5.74, 6) is -1.33. The van der Waals surface area contributed by atoms with Crippen LogP contribution in [-0.2, 0) is 0 Å². The molecule has 3 rings (SSSR count). The number of aromatic amines is 1. The number of aromatic hydroxyl groups is 1. The number of rotatable bonds is 2. The number of amides is 1. The molecule has 0 aliphatic rings. The normalized spacial score (nSPS) is 10.7. The van der Waals surface area contributed by atoms with Gasteiger partial charge in [-0.2, -0.15) is 0 Å². The first kappa shape index (κ1) is 12.2. The summed E-state index contributed by atoms with van der Waals surface area (Å²) in [4.78, 5) is 19.1. The van der Waals surface area contributed by atoms with Crippen LogP contribution in [0.3, 0.4) is 0 Å². The SMILES string of the molecule is O=C(Nc1nc2ccccc2[nH]1)c1ccc(F)cc1O. The average Bonchev–Trinajstić information content (AvgIpc) is 2.80. The summed E-state index contributed by atoms with van der Waals surface area (Å²) in [6.07, 6.45) is 0. The molecule has 100 valence electrons. The van der Waals surface area contributed by atoms with Gasteiger partial charge in [-0.3, -0.25) is 10.1 Å². The van der Waals surface area contributed by atoms with Gasteiger partial charge in [0.15, 0.2) is 0 Å². The second-order valence-electron chi connectivity index (χ2n) is 4.22. The summed E-state index contributed by atoms with van der Waals surface area (Å²) in [7, 11) is 0. The molecule has 0 atom stereocenters. The number of benzene rings is 2. The number of hydrogen-bond donors (Lipinski definition) is 3. The number of fused-ring (bicyclic) bond motifs is 1. The minimum absolute atomic E-state index is 0.0214. The first-order valence-corrected chi connectivity index (χ1v) is 5.88. The largest absolute Gasteiger partial charge is 0.507 e. The van der Waals surface area contributed by atoms with Gasteiger partial charge < -0.3 is 10.1 Å². The van der Waals surface area contributed by atoms with Crippen LogP contribution in [0, 0.1) is 5.82 Å². The Morgan fingerprint density at radius 3 is 2.80 bits per heavy atom. The number of carbonyl (C=O) groups is 1. The van der Waals surface area contributed by atoms with Gasteiger partial charge in [-0.1, -0.05) is 12.1 Å². The summed E-state index contributed by atoms with van der Waals surface area (Å²) < 4.78 is 12.9. The molecule has 0 aliphatic carbocycles. The zero-order valence-corrected chi connectivity index (χ0v) is 10.2. The number of nitrogens with one attached hydrogen (secondary N) is 2. The van der Waals surface area contributed by atoms with Crippen molar-refractivity contribution in [2.45, 2.75) is 0 Å². The third kappa shape index (κ3) is 2.18. The molecule has 0 unspecified atom stereocenters. The van der Waals surface area contributed by atoms with Gasteiger partial charge in [-0.25, -0.2) is 9.37 Å². The summed E-state index contributed by atoms with van der Waals surface area (Å²) in [6.45, 7) is 0. The molecule has 3 aromatic rings. The maximum absolute atomic E-state index is 12.9. The zero-order chi connectivity index (χ0) is 14.1. The molecular weight excluding hydrogens is 261 g/mol. The molecular formula is C14H10FN3O2. The first-order chi connectivity index (χ1) is 9.63. The second kappa shape index (κ2) is 4.65. The molecule has 1 aromatic heterocycles. The van der Waals surface area contributed by atoms with E-state index in [9.17, 15) is 14.3 Å². The van der Waals surface area contributed by atoms with Gasteiger partial charge in [-0.05, 0) is 24.3 Å².